The quantitative estimate of drug-likeness (QED) is 0.0256. The minimum atomic E-state index is -2.58. The van der Waals surface area contributed by atoms with Gasteiger partial charge in [-0.2, -0.15) is 0 Å². The van der Waals surface area contributed by atoms with Gasteiger partial charge in [-0.3, -0.25) is 0 Å². The van der Waals surface area contributed by atoms with Crippen molar-refractivity contribution in [2.75, 3.05) is 0 Å². The van der Waals surface area contributed by atoms with Gasteiger partial charge in [0.1, 0.15) is 8.07 Å². The van der Waals surface area contributed by atoms with E-state index in [-0.39, 0.29) is 55.4 Å². The van der Waals surface area contributed by atoms with Crippen LogP contribution in [0.15, 0.2) is 308 Å². The van der Waals surface area contributed by atoms with Gasteiger partial charge >= 0.3 is 0 Å². The van der Waals surface area contributed by atoms with Crippen LogP contribution in [0.25, 0.3) is 56.3 Å². The molecule has 1 aliphatic rings. The Labute approximate surface area is 740 Å². The molecule has 0 fully saturated rings. The highest BCUT2D eigenvalue weighted by atomic mass is 28.3. The molecule has 1 heterocycles. The molecular formula is C115H154N2OSi3. The van der Waals surface area contributed by atoms with E-state index >= 15 is 0 Å². The first kappa shape index (κ1) is 102. The van der Waals surface area contributed by atoms with Crippen molar-refractivity contribution in [3.63, 3.8) is 0 Å². The fourth-order valence-electron chi connectivity index (χ4n) is 17.0. The molecule has 0 bridgehead atoms. The minimum Gasteiger partial charge on any atom is -0.416 e. The Hall–Kier alpha value is -9.57. The third kappa shape index (κ3) is 25.8. The van der Waals surface area contributed by atoms with Crippen LogP contribution in [0, 0.1) is 13.8 Å². The molecule has 0 radical (unpaired) electrons. The molecule has 0 unspecified atom stereocenters. The highest BCUT2D eigenvalue weighted by molar-refractivity contribution is 7.20. The van der Waals surface area contributed by atoms with Crippen LogP contribution in [0.2, 0.25) is 32.2 Å². The largest absolute Gasteiger partial charge is 0.416 e. The lowest BCUT2D eigenvalue weighted by Crippen LogP contribution is -2.74. The third-order valence-corrected chi connectivity index (χ3v) is 36.2. The molecule has 1 aliphatic carbocycles. The first-order valence-corrected chi connectivity index (χ1v) is 51.9. The molecule has 13 aromatic rings. The van der Waals surface area contributed by atoms with Gasteiger partial charge in [0.15, 0.2) is 8.07 Å². The molecule has 642 valence electrons. The van der Waals surface area contributed by atoms with Gasteiger partial charge < -0.3 is 4.42 Å². The standard InChI is InChI=1S/C51H56Si.C24H22N2O.C22H32Si.C12H20Si.6CH4/c1-5-7-9-17-35-51(36-18-10-8-6-2)49-37-40(4)25-33-47(49)48-34-28-42(38-50(48)51)41-26-31-46(32-27-41)52(43-19-13-11-14-20-43,44-21-15-12-16-22-44)45-29-23-39(3)24-30-45;1-24(2,3)21-15-13-20(14-16-21)23-26-25-22(27-23)19-11-9-18(10-12-19)17-7-5-4-6-8-17;1-5-7-9-19-11-15-21(16-12-19)23(3,4)22-17-13-20(14-18-22)10-8-6-2;1-4-5-11-13(2,3)12-9-7-6-8-10-12;;;;;;/h11-16,19-34,37-38H,5-10,17-18,35-36H2,1-4H3;4-16H,1-3H3;11-18H,5-10H2,1-4H3;6-10H,4-5,11H2,1-3H3;6*1H4. The highest BCUT2D eigenvalue weighted by Gasteiger charge is 2.44. The van der Waals surface area contributed by atoms with E-state index in [2.05, 4.69) is 366 Å². The number of hydrogen-bond donors (Lipinski definition) is 0. The molecule has 0 spiro atoms. The second-order valence-corrected chi connectivity index (χ2v) is 47.8. The van der Waals surface area contributed by atoms with Crippen molar-refractivity contribution < 1.29 is 4.42 Å². The lowest BCUT2D eigenvalue weighted by Gasteiger charge is -2.34. The number of aromatic nitrogens is 2. The monoisotopic (exact) mass is 1660 g/mol. The summed E-state index contributed by atoms with van der Waals surface area (Å²) >= 11 is 0. The fraction of sp³-hybridized carbons (Fsp3) is 0.357. The van der Waals surface area contributed by atoms with E-state index in [0.29, 0.717) is 11.8 Å². The maximum absolute atomic E-state index is 5.90. The molecule has 6 heteroatoms. The molecule has 0 N–H and O–H groups in total. The molecule has 0 saturated carbocycles. The lowest BCUT2D eigenvalue weighted by atomic mass is 9.70. The van der Waals surface area contributed by atoms with E-state index < -0.39 is 24.2 Å². The summed E-state index contributed by atoms with van der Waals surface area (Å²) in [5, 5.41) is 18.8. The Balaban J connectivity index is 0.000000318. The number of aryl methyl sites for hydroxylation is 4. The minimum absolute atomic E-state index is 0. The van der Waals surface area contributed by atoms with Crippen LogP contribution < -0.4 is 36.3 Å². The summed E-state index contributed by atoms with van der Waals surface area (Å²) in [6, 6.07) is 114. The van der Waals surface area contributed by atoms with E-state index in [1.807, 2.05) is 42.5 Å². The Bertz CT molecular complexity index is 4940. The molecule has 121 heavy (non-hydrogen) atoms. The maximum Gasteiger partial charge on any atom is 0.248 e. The normalized spacial score (nSPS) is 11.7. The van der Waals surface area contributed by atoms with Crippen LogP contribution in [-0.4, -0.2) is 34.4 Å². The first-order chi connectivity index (χ1) is 55.8. The lowest BCUT2D eigenvalue weighted by molar-refractivity contribution is 0.401. The summed E-state index contributed by atoms with van der Waals surface area (Å²) in [5.41, 5.74) is 20.1. The molecule has 1 aromatic heterocycles. The van der Waals surface area contributed by atoms with Crippen molar-refractivity contribution in [2.24, 2.45) is 0 Å². The molecule has 14 rings (SSSR count). The SMILES string of the molecule is C.C.C.C.C.C.CC(C)(C)c1ccc(-c2nnc(-c3ccc(-c4ccccc4)cc3)o2)cc1.CCCCCCC1(CCCCCC)c2cc(C)ccc2-c2ccc(-c3ccc([Si](c4ccccc4)(c4ccccc4)c4ccc(C)cc4)cc3)cc21.CCCC[Si](C)(C)c1ccccc1.CCCCc1ccc([Si](C)(C)c2ccc(CCCC)cc2)cc1. The summed E-state index contributed by atoms with van der Waals surface area (Å²) in [5.74, 6) is 1.07. The third-order valence-electron chi connectivity index (χ3n) is 24.3. The zero-order valence-corrected chi connectivity index (χ0v) is 75.1. The summed E-state index contributed by atoms with van der Waals surface area (Å²) in [7, 11) is -5.24. The smallest absolute Gasteiger partial charge is 0.248 e. The second-order valence-electron chi connectivity index (χ2n) is 34.7. The van der Waals surface area contributed by atoms with Gasteiger partial charge in [-0.25, -0.2) is 0 Å². The van der Waals surface area contributed by atoms with Gasteiger partial charge in [0.2, 0.25) is 11.8 Å². The zero-order valence-electron chi connectivity index (χ0n) is 72.1. The van der Waals surface area contributed by atoms with Gasteiger partial charge in [-0.1, -0.05) is 509 Å². The van der Waals surface area contributed by atoms with Crippen LogP contribution in [0.5, 0.6) is 0 Å². The van der Waals surface area contributed by atoms with Crippen molar-refractivity contribution in [2.45, 2.75) is 272 Å². The van der Waals surface area contributed by atoms with Gasteiger partial charge in [0.25, 0.3) is 0 Å². The van der Waals surface area contributed by atoms with Crippen LogP contribution in [0.3, 0.4) is 0 Å². The molecule has 12 aromatic carbocycles. The Kier molecular flexibility index (Phi) is 41.2. The van der Waals surface area contributed by atoms with Crippen LogP contribution in [-0.2, 0) is 23.7 Å². The van der Waals surface area contributed by atoms with Gasteiger partial charge in [-0.15, -0.1) is 10.2 Å². The number of unbranched alkanes of at least 4 members (excludes halogenated alkanes) is 9. The zero-order chi connectivity index (χ0) is 81.3. The molecule has 3 nitrogen and oxygen atoms in total. The topological polar surface area (TPSA) is 38.9 Å². The number of benzene rings is 12. The van der Waals surface area contributed by atoms with Gasteiger partial charge in [-0.05, 0) is 170 Å². The van der Waals surface area contributed by atoms with Crippen molar-refractivity contribution in [1.82, 2.24) is 10.2 Å². The van der Waals surface area contributed by atoms with Crippen LogP contribution in [0.1, 0.15) is 242 Å². The van der Waals surface area contributed by atoms with Crippen LogP contribution in [0.4, 0.5) is 0 Å². The van der Waals surface area contributed by atoms with Crippen molar-refractivity contribution in [1.29, 1.82) is 0 Å². The average molecular weight is 1660 g/mol. The van der Waals surface area contributed by atoms with Gasteiger partial charge in [0.05, 0.1) is 8.07 Å². The summed E-state index contributed by atoms with van der Waals surface area (Å²) < 4.78 is 5.90. The van der Waals surface area contributed by atoms with Crippen molar-refractivity contribution in [3.8, 4) is 56.3 Å². The molecule has 0 saturated heterocycles. The predicted molar refractivity (Wildman–Crippen MR) is 549 cm³/mol. The summed E-state index contributed by atoms with van der Waals surface area (Å²) in [4.78, 5) is 0. The average Bonchev–Trinajstić information content (AvgIpc) is 1.71. The van der Waals surface area contributed by atoms with Crippen molar-refractivity contribution in [3.05, 3.63) is 342 Å². The molecule has 0 atom stereocenters. The van der Waals surface area contributed by atoms with Gasteiger partial charge in [0, 0.05) is 16.5 Å². The molecule has 0 amide bonds. The summed E-state index contributed by atoms with van der Waals surface area (Å²) in [6.07, 6.45) is 23.2. The Morgan fingerprint density at radius 1 is 0.306 bits per heavy atom. The highest BCUT2D eigenvalue weighted by Crippen LogP contribution is 2.55. The fourth-order valence-corrected chi connectivity index (χ4v) is 26.7. The predicted octanol–water partition coefficient (Wildman–Crippen LogP) is 30.3. The first-order valence-electron chi connectivity index (χ1n) is 43.7. The molecule has 0 aliphatic heterocycles. The molecular weight excluding hydrogens is 1510 g/mol. The Morgan fingerprint density at radius 3 is 1.08 bits per heavy atom. The number of nitrogens with zero attached hydrogens (tertiary/aromatic N) is 2. The maximum atomic E-state index is 5.90. The van der Waals surface area contributed by atoms with E-state index in [0.717, 1.165) is 16.7 Å². The van der Waals surface area contributed by atoms with Crippen LogP contribution >= 0.6 is 0 Å². The number of fused-ring (bicyclic) bond motifs is 3. The second kappa shape index (κ2) is 48.9. The van der Waals surface area contributed by atoms with E-state index in [1.165, 1.54) is 198 Å². The van der Waals surface area contributed by atoms with E-state index in [4.69, 9.17) is 4.42 Å². The summed E-state index contributed by atoms with van der Waals surface area (Å²) in [6.45, 7) is 32.4. The number of rotatable bonds is 30. The Morgan fingerprint density at radius 2 is 0.645 bits per heavy atom. The number of hydrogen-bond acceptors (Lipinski definition) is 3. The van der Waals surface area contributed by atoms with E-state index in [9.17, 15) is 0 Å². The van der Waals surface area contributed by atoms with Crippen molar-refractivity contribution >= 4 is 60.5 Å². The van der Waals surface area contributed by atoms with E-state index in [1.54, 1.807) is 26.7 Å².